The van der Waals surface area contributed by atoms with Crippen molar-refractivity contribution in [2.45, 2.75) is 11.8 Å². The molecule has 0 aliphatic rings. The summed E-state index contributed by atoms with van der Waals surface area (Å²) < 4.78 is 30.0. The molecule has 0 radical (unpaired) electrons. The van der Waals surface area contributed by atoms with Crippen LogP contribution in [-0.4, -0.2) is 22.8 Å². The van der Waals surface area contributed by atoms with Crippen molar-refractivity contribution in [3.05, 3.63) is 29.3 Å². The Balaban J connectivity index is 2.35. The van der Waals surface area contributed by atoms with Gasteiger partial charge in [0.1, 0.15) is 15.9 Å². The third-order valence-corrected chi connectivity index (χ3v) is 4.40. The van der Waals surface area contributed by atoms with Crippen molar-refractivity contribution in [2.24, 2.45) is 0 Å². The number of pyridine rings is 1. The molecule has 0 saturated heterocycles. The van der Waals surface area contributed by atoms with E-state index in [4.69, 9.17) is 11.6 Å². The van der Waals surface area contributed by atoms with E-state index >= 15 is 0 Å². The lowest BCUT2D eigenvalue weighted by Crippen LogP contribution is -2.13. The van der Waals surface area contributed by atoms with Crippen molar-refractivity contribution < 1.29 is 8.42 Å². The molecule has 0 aliphatic carbocycles. The fourth-order valence-corrected chi connectivity index (χ4v) is 3.33. The molecule has 0 amide bonds. The highest BCUT2D eigenvalue weighted by Crippen LogP contribution is 2.21. The molecule has 2 aromatic heterocycles. The Morgan fingerprint density at radius 3 is 2.82 bits per heavy atom. The lowest BCUT2D eigenvalue weighted by molar-refractivity contribution is 0.601. The number of anilines is 1. The average Bonchev–Trinajstić information content (AvgIpc) is 2.63. The fraction of sp³-hybridized carbons (Fsp3) is 0.125. The van der Waals surface area contributed by atoms with E-state index in [9.17, 15) is 8.42 Å². The van der Waals surface area contributed by atoms with E-state index in [0.717, 1.165) is 11.5 Å². The van der Waals surface area contributed by atoms with Crippen LogP contribution < -0.4 is 4.72 Å². The molecule has 0 unspecified atom stereocenters. The number of sulfonamides is 1. The molecule has 0 bridgehead atoms. The Bertz CT molecular complexity index is 640. The minimum Gasteiger partial charge on any atom is -0.253 e. The number of nitrogens with zero attached hydrogens (tertiary/aromatic N) is 3. The van der Waals surface area contributed by atoms with Gasteiger partial charge in [-0.25, -0.2) is 18.4 Å². The summed E-state index contributed by atoms with van der Waals surface area (Å²) in [6.07, 6.45) is 1.41. The molecule has 0 aliphatic heterocycles. The second kappa shape index (κ2) is 4.55. The van der Waals surface area contributed by atoms with Gasteiger partial charge in [-0.1, -0.05) is 11.6 Å². The van der Waals surface area contributed by atoms with Gasteiger partial charge in [0.05, 0.1) is 0 Å². The highest BCUT2D eigenvalue weighted by Gasteiger charge is 2.19. The summed E-state index contributed by atoms with van der Waals surface area (Å²) in [6.45, 7) is 1.67. The third kappa shape index (κ3) is 2.71. The molecule has 0 fully saturated rings. The monoisotopic (exact) mass is 290 g/mol. The SMILES string of the molecule is Cc1nsc(NS(=O)(=O)c2cccnc2Cl)n1. The lowest BCUT2D eigenvalue weighted by atomic mass is 10.5. The minimum absolute atomic E-state index is 0.0822. The van der Waals surface area contributed by atoms with E-state index in [0.29, 0.717) is 5.82 Å². The number of hydrogen-bond acceptors (Lipinski definition) is 6. The van der Waals surface area contributed by atoms with Gasteiger partial charge >= 0.3 is 0 Å². The van der Waals surface area contributed by atoms with Crippen LogP contribution in [0.5, 0.6) is 0 Å². The van der Waals surface area contributed by atoms with Crippen LogP contribution in [0.3, 0.4) is 0 Å². The molecule has 2 aromatic rings. The summed E-state index contributed by atoms with van der Waals surface area (Å²) in [5, 5.41) is 0.114. The minimum atomic E-state index is -3.77. The predicted octanol–water partition coefficient (Wildman–Crippen LogP) is 1.70. The van der Waals surface area contributed by atoms with E-state index in [1.165, 1.54) is 18.3 Å². The maximum absolute atomic E-state index is 11.9. The zero-order valence-corrected chi connectivity index (χ0v) is 11.0. The van der Waals surface area contributed by atoms with E-state index in [1.54, 1.807) is 6.92 Å². The molecule has 90 valence electrons. The Kier molecular flexibility index (Phi) is 3.27. The van der Waals surface area contributed by atoms with Crippen molar-refractivity contribution in [3.63, 3.8) is 0 Å². The molecule has 6 nitrogen and oxygen atoms in total. The zero-order chi connectivity index (χ0) is 12.5. The lowest BCUT2D eigenvalue weighted by Gasteiger charge is -2.05. The summed E-state index contributed by atoms with van der Waals surface area (Å²) in [5.41, 5.74) is 0. The van der Waals surface area contributed by atoms with E-state index in [2.05, 4.69) is 19.1 Å². The molecule has 0 atom stereocenters. The van der Waals surface area contributed by atoms with Crippen LogP contribution in [-0.2, 0) is 10.0 Å². The van der Waals surface area contributed by atoms with Crippen LogP contribution in [0.25, 0.3) is 0 Å². The molecule has 0 saturated carbocycles. The first-order valence-corrected chi connectivity index (χ1v) is 7.06. The molecule has 17 heavy (non-hydrogen) atoms. The van der Waals surface area contributed by atoms with Gasteiger partial charge in [-0.3, -0.25) is 4.72 Å². The summed E-state index contributed by atoms with van der Waals surface area (Å²) in [6, 6.07) is 2.86. The number of halogens is 1. The second-order valence-electron chi connectivity index (χ2n) is 3.04. The summed E-state index contributed by atoms with van der Waals surface area (Å²) in [5.74, 6) is 0.505. The topological polar surface area (TPSA) is 84.8 Å². The number of rotatable bonds is 3. The quantitative estimate of drug-likeness (QED) is 0.870. The molecular weight excluding hydrogens is 284 g/mol. The first-order valence-electron chi connectivity index (χ1n) is 4.43. The van der Waals surface area contributed by atoms with Gasteiger partial charge in [0.2, 0.25) is 5.13 Å². The maximum atomic E-state index is 11.9. The van der Waals surface area contributed by atoms with Crippen LogP contribution in [0.1, 0.15) is 5.82 Å². The number of aromatic nitrogens is 3. The summed E-state index contributed by atoms with van der Waals surface area (Å²) in [4.78, 5) is 7.52. The maximum Gasteiger partial charge on any atom is 0.266 e. The number of nitrogens with one attached hydrogen (secondary N) is 1. The molecule has 2 rings (SSSR count). The van der Waals surface area contributed by atoms with Crippen molar-refractivity contribution in [1.82, 2.24) is 14.3 Å². The van der Waals surface area contributed by atoms with Crippen molar-refractivity contribution in [1.29, 1.82) is 0 Å². The Morgan fingerprint density at radius 2 is 2.24 bits per heavy atom. The predicted molar refractivity (Wildman–Crippen MR) is 64.7 cm³/mol. The average molecular weight is 291 g/mol. The number of hydrogen-bond donors (Lipinski definition) is 1. The Hall–Kier alpha value is -1.25. The van der Waals surface area contributed by atoms with E-state index < -0.39 is 10.0 Å². The second-order valence-corrected chi connectivity index (χ2v) is 5.81. The van der Waals surface area contributed by atoms with Gasteiger partial charge in [0, 0.05) is 17.7 Å². The molecule has 2 heterocycles. The Morgan fingerprint density at radius 1 is 1.47 bits per heavy atom. The zero-order valence-electron chi connectivity index (χ0n) is 8.58. The van der Waals surface area contributed by atoms with Crippen LogP contribution in [0, 0.1) is 6.92 Å². The first-order chi connectivity index (χ1) is 7.99. The van der Waals surface area contributed by atoms with Gasteiger partial charge < -0.3 is 0 Å². The molecule has 0 aromatic carbocycles. The van der Waals surface area contributed by atoms with Gasteiger partial charge in [-0.05, 0) is 19.1 Å². The van der Waals surface area contributed by atoms with E-state index in [1.807, 2.05) is 0 Å². The largest absolute Gasteiger partial charge is 0.266 e. The molecule has 1 N–H and O–H groups in total. The van der Waals surface area contributed by atoms with Gasteiger partial charge in [-0.15, -0.1) is 0 Å². The third-order valence-electron chi connectivity index (χ3n) is 1.76. The summed E-state index contributed by atoms with van der Waals surface area (Å²) >= 11 is 6.68. The van der Waals surface area contributed by atoms with Gasteiger partial charge in [0.15, 0.2) is 0 Å². The van der Waals surface area contributed by atoms with Crippen molar-refractivity contribution in [2.75, 3.05) is 4.72 Å². The van der Waals surface area contributed by atoms with Crippen molar-refractivity contribution in [3.8, 4) is 0 Å². The fourth-order valence-electron chi connectivity index (χ4n) is 1.08. The van der Waals surface area contributed by atoms with Crippen LogP contribution in [0.15, 0.2) is 23.2 Å². The normalized spacial score (nSPS) is 11.4. The van der Waals surface area contributed by atoms with E-state index in [-0.39, 0.29) is 15.2 Å². The van der Waals surface area contributed by atoms with Gasteiger partial charge in [-0.2, -0.15) is 4.37 Å². The highest BCUT2D eigenvalue weighted by molar-refractivity contribution is 7.93. The van der Waals surface area contributed by atoms with Crippen LogP contribution in [0.2, 0.25) is 5.15 Å². The Labute approximate surface area is 107 Å². The number of aryl methyl sites for hydroxylation is 1. The van der Waals surface area contributed by atoms with Crippen molar-refractivity contribution >= 4 is 38.3 Å². The van der Waals surface area contributed by atoms with Crippen LogP contribution in [0.4, 0.5) is 5.13 Å². The molecule has 0 spiro atoms. The summed E-state index contributed by atoms with van der Waals surface area (Å²) in [7, 11) is -3.77. The molecular formula is C8H7ClN4O2S2. The smallest absolute Gasteiger partial charge is 0.253 e. The van der Waals surface area contributed by atoms with Gasteiger partial charge in [0.25, 0.3) is 10.0 Å². The van der Waals surface area contributed by atoms with Crippen LogP contribution >= 0.6 is 23.1 Å². The standard InChI is InChI=1S/C8H7ClN4O2S2/c1-5-11-8(16-12-5)13-17(14,15)6-3-2-4-10-7(6)9/h2-4H,1H3,(H,11,12,13). The highest BCUT2D eigenvalue weighted by atomic mass is 35.5. The first kappa shape index (κ1) is 12.2. The molecule has 9 heteroatoms.